The number of carbonyl (C=O) groups excluding carboxylic acids is 2. The van der Waals surface area contributed by atoms with E-state index in [9.17, 15) is 9.59 Å². The minimum absolute atomic E-state index is 0.225. The highest BCUT2D eigenvalue weighted by atomic mass is 16.2. The van der Waals surface area contributed by atoms with Crippen molar-refractivity contribution in [3.63, 3.8) is 0 Å². The average Bonchev–Trinajstić information content (AvgIpc) is 2.94. The van der Waals surface area contributed by atoms with Crippen LogP contribution in [-0.4, -0.2) is 28.1 Å². The lowest BCUT2D eigenvalue weighted by atomic mass is 10.0. The van der Waals surface area contributed by atoms with Crippen LogP contribution in [0.2, 0.25) is 1.41 Å². The summed E-state index contributed by atoms with van der Waals surface area (Å²) in [5, 5.41) is 16.6. The van der Waals surface area contributed by atoms with Gasteiger partial charge in [-0.2, -0.15) is 10.4 Å². The van der Waals surface area contributed by atoms with Gasteiger partial charge in [0.05, 0.1) is 11.6 Å². The van der Waals surface area contributed by atoms with Crippen LogP contribution in [0.3, 0.4) is 0 Å². The zero-order valence-corrected chi connectivity index (χ0v) is 12.5. The van der Waals surface area contributed by atoms with Crippen LogP contribution in [0.5, 0.6) is 0 Å². The first-order chi connectivity index (χ1) is 11.5. The fourth-order valence-electron chi connectivity index (χ4n) is 2.56. The topological polar surface area (TPSA) is 99.8 Å². The van der Waals surface area contributed by atoms with Gasteiger partial charge in [0.25, 0.3) is 11.8 Å². The van der Waals surface area contributed by atoms with Crippen molar-refractivity contribution in [2.75, 3.05) is 6.54 Å². The molecule has 0 fully saturated rings. The molecule has 2 N–H and O–H groups in total. The summed E-state index contributed by atoms with van der Waals surface area (Å²) in [6.07, 6.45) is 0.429. The Morgan fingerprint density at radius 1 is 1.52 bits per heavy atom. The molecule has 0 bridgehead atoms. The Hall–Kier alpha value is -3.14. The SMILES string of the molecule is [2H]N1CCc2c(C(=O)NCc3ccc(C#N)cc3)nn(C)c2C1=O. The number of amides is 2. The lowest BCUT2D eigenvalue weighted by Crippen LogP contribution is -2.34. The van der Waals surface area contributed by atoms with Gasteiger partial charge in [-0.1, -0.05) is 12.1 Å². The fraction of sp³-hybridized carbons (Fsp3) is 0.250. The van der Waals surface area contributed by atoms with Gasteiger partial charge in [0.2, 0.25) is 0 Å². The number of aromatic nitrogens is 2. The molecular formula is C16H15N5O2. The summed E-state index contributed by atoms with van der Waals surface area (Å²) in [6, 6.07) is 8.95. The second kappa shape index (κ2) is 5.93. The van der Waals surface area contributed by atoms with Crippen molar-refractivity contribution in [1.29, 1.82) is 5.26 Å². The molecule has 3 rings (SSSR count). The van der Waals surface area contributed by atoms with Gasteiger partial charge < -0.3 is 10.6 Å². The number of benzene rings is 1. The van der Waals surface area contributed by atoms with Crippen molar-refractivity contribution < 1.29 is 11.0 Å². The van der Waals surface area contributed by atoms with E-state index in [0.717, 1.165) is 10.9 Å². The molecule has 1 aromatic heterocycles. The number of nitrogens with zero attached hydrogens (tertiary/aromatic N) is 3. The van der Waals surface area contributed by atoms with Crippen LogP contribution in [0.4, 0.5) is 0 Å². The van der Waals surface area contributed by atoms with Crippen molar-refractivity contribution in [2.24, 2.45) is 7.05 Å². The third-order valence-corrected chi connectivity index (χ3v) is 3.72. The van der Waals surface area contributed by atoms with Gasteiger partial charge in [0, 0.05) is 25.7 Å². The minimum Gasteiger partial charge on any atom is -0.350 e. The molecule has 2 heterocycles. The number of hydrogen-bond donors (Lipinski definition) is 2. The molecule has 23 heavy (non-hydrogen) atoms. The van der Waals surface area contributed by atoms with Gasteiger partial charge in [-0.05, 0) is 24.1 Å². The second-order valence-corrected chi connectivity index (χ2v) is 5.23. The lowest BCUT2D eigenvalue weighted by Gasteiger charge is -2.13. The highest BCUT2D eigenvalue weighted by Crippen LogP contribution is 2.17. The van der Waals surface area contributed by atoms with Crippen molar-refractivity contribution in [3.05, 3.63) is 52.3 Å². The van der Waals surface area contributed by atoms with E-state index in [2.05, 4.69) is 10.4 Å². The van der Waals surface area contributed by atoms with E-state index >= 15 is 0 Å². The molecule has 2 aromatic rings. The smallest absolute Gasteiger partial charge is 0.272 e. The third-order valence-electron chi connectivity index (χ3n) is 3.72. The van der Waals surface area contributed by atoms with Crippen LogP contribution < -0.4 is 10.6 Å². The fourth-order valence-corrected chi connectivity index (χ4v) is 2.56. The monoisotopic (exact) mass is 310 g/mol. The van der Waals surface area contributed by atoms with Crippen LogP contribution in [0.25, 0.3) is 0 Å². The first-order valence-electron chi connectivity index (χ1n) is 7.60. The summed E-state index contributed by atoms with van der Waals surface area (Å²) in [5.41, 5.74) is 2.52. The number of fused-ring (bicyclic) bond motifs is 1. The maximum Gasteiger partial charge on any atom is 0.272 e. The molecule has 0 saturated carbocycles. The molecule has 1 aromatic carbocycles. The number of rotatable bonds is 3. The van der Waals surface area contributed by atoms with E-state index in [1.165, 1.54) is 4.68 Å². The van der Waals surface area contributed by atoms with Crippen LogP contribution in [0.15, 0.2) is 24.3 Å². The van der Waals surface area contributed by atoms with Crippen LogP contribution in [-0.2, 0) is 20.0 Å². The van der Waals surface area contributed by atoms with Gasteiger partial charge in [-0.3, -0.25) is 14.3 Å². The van der Waals surface area contributed by atoms with E-state index in [1.807, 2.05) is 6.07 Å². The summed E-state index contributed by atoms with van der Waals surface area (Å²) < 4.78 is 8.92. The highest BCUT2D eigenvalue weighted by molar-refractivity contribution is 6.01. The molecule has 2 amide bonds. The predicted molar refractivity (Wildman–Crippen MR) is 81.6 cm³/mol. The Morgan fingerprint density at radius 2 is 2.26 bits per heavy atom. The molecule has 116 valence electrons. The molecule has 0 unspecified atom stereocenters. The van der Waals surface area contributed by atoms with Crippen molar-refractivity contribution in [1.82, 2.24) is 20.4 Å². The molecule has 1 aliphatic rings. The van der Waals surface area contributed by atoms with Gasteiger partial charge in [-0.15, -0.1) is 0 Å². The minimum atomic E-state index is -0.447. The predicted octanol–water partition coefficient (Wildman–Crippen LogP) is 0.508. The number of hydrogen-bond acceptors (Lipinski definition) is 4. The van der Waals surface area contributed by atoms with Crippen molar-refractivity contribution >= 4 is 11.8 Å². The molecular weight excluding hydrogens is 294 g/mol. The molecule has 0 aliphatic carbocycles. The van der Waals surface area contributed by atoms with E-state index in [4.69, 9.17) is 6.67 Å². The molecule has 0 spiro atoms. The van der Waals surface area contributed by atoms with Crippen LogP contribution in [0.1, 0.15) is 37.7 Å². The first kappa shape index (κ1) is 13.5. The molecule has 7 nitrogen and oxygen atoms in total. The molecule has 1 aliphatic heterocycles. The Bertz CT molecular complexity index is 851. The van der Waals surface area contributed by atoms with Crippen LogP contribution in [0, 0.1) is 11.3 Å². The molecule has 0 radical (unpaired) electrons. The van der Waals surface area contributed by atoms with E-state index in [0.29, 0.717) is 29.8 Å². The summed E-state index contributed by atoms with van der Waals surface area (Å²) in [7, 11) is 1.59. The number of carbonyl (C=O) groups is 2. The Labute approximate surface area is 134 Å². The zero-order chi connectivity index (χ0) is 17.3. The Balaban J connectivity index is 1.76. The summed E-state index contributed by atoms with van der Waals surface area (Å²) in [4.78, 5) is 24.4. The van der Waals surface area contributed by atoms with Gasteiger partial charge in [-0.25, -0.2) is 0 Å². The summed E-state index contributed by atoms with van der Waals surface area (Å²) >= 11 is 0. The highest BCUT2D eigenvalue weighted by Gasteiger charge is 2.28. The summed E-state index contributed by atoms with van der Waals surface area (Å²) in [5.74, 6) is -0.806. The Morgan fingerprint density at radius 3 is 2.96 bits per heavy atom. The van der Waals surface area contributed by atoms with Gasteiger partial charge >= 0.3 is 0 Å². The average molecular weight is 310 g/mol. The van der Waals surface area contributed by atoms with Crippen molar-refractivity contribution in [2.45, 2.75) is 13.0 Å². The van der Waals surface area contributed by atoms with Gasteiger partial charge in [0.1, 0.15) is 5.69 Å². The molecule has 7 heteroatoms. The molecule has 0 saturated heterocycles. The third kappa shape index (κ3) is 2.79. The summed E-state index contributed by atoms with van der Waals surface area (Å²) in [6.45, 7) is 0.543. The Kier molecular flexibility index (Phi) is 3.48. The lowest BCUT2D eigenvalue weighted by molar-refractivity contribution is 0.0935. The maximum atomic E-state index is 12.4. The first-order valence-corrected chi connectivity index (χ1v) is 7.15. The normalized spacial score (nSPS) is 14.0. The largest absolute Gasteiger partial charge is 0.350 e. The van der Waals surface area contributed by atoms with Crippen LogP contribution >= 0.6 is 0 Å². The maximum absolute atomic E-state index is 12.4. The van der Waals surface area contributed by atoms with E-state index in [-0.39, 0.29) is 18.1 Å². The van der Waals surface area contributed by atoms with Crippen molar-refractivity contribution in [3.8, 4) is 6.07 Å². The van der Waals surface area contributed by atoms with E-state index < -0.39 is 5.91 Å². The van der Waals surface area contributed by atoms with E-state index in [1.54, 1.807) is 31.3 Å². The molecule has 0 atom stereocenters. The standard InChI is InChI=1S/C16H15N5O2/c1-21-14-12(6-7-18-16(14)23)13(20-21)15(22)19-9-11-4-2-10(8-17)3-5-11/h2-5H,6-7,9H2,1H3,(H,18,23)(H,19,22)/i/hD. The second-order valence-electron chi connectivity index (χ2n) is 5.23. The number of nitriles is 1. The number of nitrogens with one attached hydrogen (secondary N) is 2. The zero-order valence-electron chi connectivity index (χ0n) is 13.5. The number of aryl methyl sites for hydroxylation is 1. The van der Waals surface area contributed by atoms with Gasteiger partial charge in [0.15, 0.2) is 7.11 Å². The quantitative estimate of drug-likeness (QED) is 0.862.